The van der Waals surface area contributed by atoms with Gasteiger partial charge in [-0.25, -0.2) is 0 Å². The van der Waals surface area contributed by atoms with Gasteiger partial charge in [-0.2, -0.15) is 13.2 Å². The van der Waals surface area contributed by atoms with Crippen molar-refractivity contribution in [1.29, 1.82) is 0 Å². The van der Waals surface area contributed by atoms with Crippen LogP contribution in [0.2, 0.25) is 0 Å². The molecular formula is C25H19F3N4O3. The maximum atomic E-state index is 12.9. The minimum absolute atomic E-state index is 0.00805. The second-order valence-electron chi connectivity index (χ2n) is 7.53. The largest absolute Gasteiger partial charge is 0.421 e. The van der Waals surface area contributed by atoms with Crippen LogP contribution in [0.1, 0.15) is 28.2 Å². The third-order valence-electron chi connectivity index (χ3n) is 4.91. The average Bonchev–Trinajstić information content (AvgIpc) is 3.32. The molecule has 1 aromatic heterocycles. The van der Waals surface area contributed by atoms with E-state index in [-0.39, 0.29) is 30.0 Å². The number of nitrogens with one attached hydrogen (secondary N) is 2. The van der Waals surface area contributed by atoms with Crippen molar-refractivity contribution >= 4 is 23.2 Å². The number of hydrogen-bond acceptors (Lipinski definition) is 5. The fraction of sp³-hybridized carbons (Fsp3) is 0.120. The molecule has 0 saturated heterocycles. The summed E-state index contributed by atoms with van der Waals surface area (Å²) in [7, 11) is 0. The van der Waals surface area contributed by atoms with Crippen LogP contribution in [0, 0.1) is 0 Å². The Morgan fingerprint density at radius 1 is 0.829 bits per heavy atom. The molecule has 0 radical (unpaired) electrons. The number of carbonyl (C=O) groups excluding carboxylic acids is 2. The van der Waals surface area contributed by atoms with E-state index in [1.165, 1.54) is 24.3 Å². The number of hydrogen-bond donors (Lipinski definition) is 2. The number of aromatic nitrogens is 2. The Labute approximate surface area is 198 Å². The van der Waals surface area contributed by atoms with Gasteiger partial charge < -0.3 is 15.1 Å². The summed E-state index contributed by atoms with van der Waals surface area (Å²) in [6, 6.07) is 19.6. The van der Waals surface area contributed by atoms with Crippen molar-refractivity contribution in [3.05, 3.63) is 95.9 Å². The predicted molar refractivity (Wildman–Crippen MR) is 123 cm³/mol. The quantitative estimate of drug-likeness (QED) is 0.360. The van der Waals surface area contributed by atoms with Crippen molar-refractivity contribution in [2.45, 2.75) is 19.0 Å². The monoisotopic (exact) mass is 480 g/mol. The molecule has 4 aromatic rings. The number of rotatable bonds is 7. The van der Waals surface area contributed by atoms with E-state index in [0.717, 1.165) is 17.7 Å². The number of anilines is 2. The van der Waals surface area contributed by atoms with E-state index >= 15 is 0 Å². The molecule has 0 aliphatic heterocycles. The highest BCUT2D eigenvalue weighted by Gasteiger charge is 2.30. The van der Waals surface area contributed by atoms with E-state index in [4.69, 9.17) is 4.42 Å². The van der Waals surface area contributed by atoms with Gasteiger partial charge in [0.1, 0.15) is 0 Å². The first-order chi connectivity index (χ1) is 16.8. The number of halogens is 3. The van der Waals surface area contributed by atoms with Crippen molar-refractivity contribution in [2.75, 3.05) is 10.6 Å². The molecule has 10 heteroatoms. The van der Waals surface area contributed by atoms with Crippen LogP contribution in [0.3, 0.4) is 0 Å². The summed E-state index contributed by atoms with van der Waals surface area (Å²) in [4.78, 5) is 24.9. The maximum absolute atomic E-state index is 12.9. The van der Waals surface area contributed by atoms with Crippen LogP contribution in [0.15, 0.2) is 83.3 Å². The van der Waals surface area contributed by atoms with Gasteiger partial charge in [-0.3, -0.25) is 9.59 Å². The average molecular weight is 480 g/mol. The van der Waals surface area contributed by atoms with Gasteiger partial charge in [0.2, 0.25) is 17.7 Å². The van der Waals surface area contributed by atoms with E-state index in [0.29, 0.717) is 17.5 Å². The van der Waals surface area contributed by atoms with E-state index < -0.39 is 17.6 Å². The molecule has 0 aliphatic rings. The lowest BCUT2D eigenvalue weighted by atomic mass is 10.1. The Bertz CT molecular complexity index is 1340. The minimum atomic E-state index is -4.52. The van der Waals surface area contributed by atoms with Gasteiger partial charge in [0, 0.05) is 35.3 Å². The molecule has 0 bridgehead atoms. The first kappa shape index (κ1) is 23.7. The zero-order chi connectivity index (χ0) is 24.8. The van der Waals surface area contributed by atoms with Gasteiger partial charge in [-0.05, 0) is 48.5 Å². The lowest BCUT2D eigenvalue weighted by Crippen LogP contribution is -2.15. The molecule has 35 heavy (non-hydrogen) atoms. The Balaban J connectivity index is 1.34. The molecule has 0 aliphatic carbocycles. The molecule has 3 aromatic carbocycles. The van der Waals surface area contributed by atoms with Crippen molar-refractivity contribution in [2.24, 2.45) is 0 Å². The fourth-order valence-electron chi connectivity index (χ4n) is 3.21. The van der Waals surface area contributed by atoms with E-state index in [1.54, 1.807) is 12.1 Å². The van der Waals surface area contributed by atoms with Crippen molar-refractivity contribution in [3.63, 3.8) is 0 Å². The van der Waals surface area contributed by atoms with Gasteiger partial charge in [-0.15, -0.1) is 10.2 Å². The highest BCUT2D eigenvalue weighted by Crippen LogP contribution is 2.30. The van der Waals surface area contributed by atoms with Crippen molar-refractivity contribution < 1.29 is 27.2 Å². The molecule has 0 fully saturated rings. The normalized spacial score (nSPS) is 11.2. The van der Waals surface area contributed by atoms with Crippen LogP contribution in [-0.4, -0.2) is 22.0 Å². The zero-order valence-corrected chi connectivity index (χ0v) is 18.2. The highest BCUT2D eigenvalue weighted by atomic mass is 19.4. The minimum Gasteiger partial charge on any atom is -0.421 e. The molecule has 0 spiro atoms. The van der Waals surface area contributed by atoms with Gasteiger partial charge in [0.05, 0.1) is 5.56 Å². The summed E-state index contributed by atoms with van der Waals surface area (Å²) in [5.74, 6) is -0.270. The van der Waals surface area contributed by atoms with Crippen LogP contribution >= 0.6 is 0 Å². The van der Waals surface area contributed by atoms with Crippen LogP contribution in [-0.2, 0) is 17.4 Å². The summed E-state index contributed by atoms with van der Waals surface area (Å²) in [6.07, 6.45) is -4.23. The summed E-state index contributed by atoms with van der Waals surface area (Å²) < 4.78 is 44.2. The first-order valence-electron chi connectivity index (χ1n) is 10.5. The number of nitrogens with zero attached hydrogens (tertiary/aromatic N) is 2. The van der Waals surface area contributed by atoms with Gasteiger partial charge >= 0.3 is 6.18 Å². The molecule has 4 rings (SSSR count). The third kappa shape index (κ3) is 6.32. The fourth-order valence-corrected chi connectivity index (χ4v) is 3.21. The van der Waals surface area contributed by atoms with Crippen molar-refractivity contribution in [1.82, 2.24) is 10.2 Å². The van der Waals surface area contributed by atoms with Gasteiger partial charge in [0.15, 0.2) is 0 Å². The number of alkyl halides is 3. The number of aryl methyl sites for hydroxylation is 1. The molecule has 2 N–H and O–H groups in total. The SMILES string of the molecule is O=C(CCc1nnc(-c2ccccc2)o1)Nc1cccc(C(=O)Nc2cccc(C(F)(F)F)c2)c1. The summed E-state index contributed by atoms with van der Waals surface area (Å²) in [5.41, 5.74) is 0.449. The lowest BCUT2D eigenvalue weighted by Gasteiger charge is -2.11. The topological polar surface area (TPSA) is 97.1 Å². The Morgan fingerprint density at radius 2 is 1.54 bits per heavy atom. The standard InChI is InChI=1S/C25H19F3N4O3/c26-25(27,28)18-9-5-11-20(15-18)30-23(34)17-8-4-10-19(14-17)29-21(33)12-13-22-31-32-24(35-22)16-6-2-1-3-7-16/h1-11,14-15H,12-13H2,(H,29,33)(H,30,34). The smallest absolute Gasteiger partial charge is 0.416 e. The molecule has 1 heterocycles. The first-order valence-corrected chi connectivity index (χ1v) is 10.5. The lowest BCUT2D eigenvalue weighted by molar-refractivity contribution is -0.137. The Kier molecular flexibility index (Phi) is 6.91. The van der Waals surface area contributed by atoms with E-state index in [2.05, 4.69) is 20.8 Å². The molecule has 2 amide bonds. The highest BCUT2D eigenvalue weighted by molar-refractivity contribution is 6.05. The zero-order valence-electron chi connectivity index (χ0n) is 18.2. The molecule has 7 nitrogen and oxygen atoms in total. The van der Waals surface area contributed by atoms with E-state index in [1.807, 2.05) is 30.3 Å². The number of amides is 2. The van der Waals surface area contributed by atoms with Gasteiger partial charge in [0.25, 0.3) is 5.91 Å². The summed E-state index contributed by atoms with van der Waals surface area (Å²) in [6.45, 7) is 0. The Morgan fingerprint density at radius 3 is 2.29 bits per heavy atom. The molecule has 0 saturated carbocycles. The van der Waals surface area contributed by atoms with Crippen LogP contribution in [0.5, 0.6) is 0 Å². The van der Waals surface area contributed by atoms with E-state index in [9.17, 15) is 22.8 Å². The number of carbonyl (C=O) groups is 2. The predicted octanol–water partition coefficient (Wildman–Crippen LogP) is 5.58. The van der Waals surface area contributed by atoms with Crippen LogP contribution in [0.4, 0.5) is 24.5 Å². The van der Waals surface area contributed by atoms with Crippen molar-refractivity contribution in [3.8, 4) is 11.5 Å². The maximum Gasteiger partial charge on any atom is 0.416 e. The third-order valence-corrected chi connectivity index (χ3v) is 4.91. The molecule has 0 unspecified atom stereocenters. The summed E-state index contributed by atoms with van der Waals surface area (Å²) >= 11 is 0. The molecule has 178 valence electrons. The second-order valence-corrected chi connectivity index (χ2v) is 7.53. The summed E-state index contributed by atoms with van der Waals surface area (Å²) in [5, 5.41) is 13.0. The number of benzene rings is 3. The Hall–Kier alpha value is -4.47. The molecular weight excluding hydrogens is 461 g/mol. The molecule has 0 atom stereocenters. The van der Waals surface area contributed by atoms with Crippen LogP contribution in [0.25, 0.3) is 11.5 Å². The van der Waals surface area contributed by atoms with Gasteiger partial charge in [-0.1, -0.05) is 30.3 Å². The second kappa shape index (κ2) is 10.2. The van der Waals surface area contributed by atoms with Crippen LogP contribution < -0.4 is 10.6 Å².